The van der Waals surface area contributed by atoms with E-state index in [4.69, 9.17) is 44.9 Å². The van der Waals surface area contributed by atoms with Crippen LogP contribution in [0.2, 0.25) is 0 Å². The van der Waals surface area contributed by atoms with Crippen LogP contribution in [0.3, 0.4) is 0 Å². The molecule has 0 N–H and O–H groups in total. The zero-order valence-electron chi connectivity index (χ0n) is 78.1. The molecule has 25 aromatic carbocycles. The van der Waals surface area contributed by atoms with E-state index in [0.29, 0.717) is 52.4 Å². The fourth-order valence-electron chi connectivity index (χ4n) is 20.6. The number of rotatable bonds is 13. The van der Waals surface area contributed by atoms with E-state index in [9.17, 15) is 0 Å². The largest absolute Gasteiger partial charge is 0.208 e. The van der Waals surface area contributed by atoms with E-state index >= 15 is 0 Å². The Morgan fingerprint density at radius 1 is 0.0764 bits per heavy atom. The van der Waals surface area contributed by atoms with Crippen LogP contribution >= 0.6 is 0 Å². The van der Waals surface area contributed by atoms with Crippen LogP contribution in [0.1, 0.15) is 0 Å². The van der Waals surface area contributed by atoms with E-state index in [1.165, 1.54) is 124 Å². The van der Waals surface area contributed by atoms with Crippen LogP contribution in [0.15, 0.2) is 516 Å². The van der Waals surface area contributed by atoms with Crippen molar-refractivity contribution >= 4 is 129 Å². The summed E-state index contributed by atoms with van der Waals surface area (Å²) in [6.07, 6.45) is 0. The molecule has 9 nitrogen and oxygen atoms in total. The van der Waals surface area contributed by atoms with Gasteiger partial charge < -0.3 is 0 Å². The van der Waals surface area contributed by atoms with Gasteiger partial charge in [-0.15, -0.1) is 0 Å². The van der Waals surface area contributed by atoms with Crippen LogP contribution in [0.4, 0.5) is 0 Å². The molecule has 0 saturated heterocycles. The van der Waals surface area contributed by atoms with E-state index in [-0.39, 0.29) is 0 Å². The Hall–Kier alpha value is -19.4. The first-order valence-corrected chi connectivity index (χ1v) is 48.7. The van der Waals surface area contributed by atoms with E-state index < -0.39 is 0 Å². The maximum Gasteiger partial charge on any atom is 0.164 e. The van der Waals surface area contributed by atoms with E-state index in [1.54, 1.807) is 0 Å². The Bertz CT molecular complexity index is 9700. The van der Waals surface area contributed by atoms with Crippen molar-refractivity contribution < 1.29 is 0 Å². The number of nitrogens with zero attached hydrogens (tertiary/aromatic N) is 9. The van der Waals surface area contributed by atoms with Crippen molar-refractivity contribution in [2.75, 3.05) is 0 Å². The fourth-order valence-corrected chi connectivity index (χ4v) is 20.6. The van der Waals surface area contributed by atoms with Gasteiger partial charge >= 0.3 is 0 Å². The zero-order chi connectivity index (χ0) is 95.3. The molecule has 0 saturated carbocycles. The summed E-state index contributed by atoms with van der Waals surface area (Å²) in [5.74, 6) is 5.85. The van der Waals surface area contributed by atoms with Crippen LogP contribution < -0.4 is 0 Å². The number of hydrogen-bond donors (Lipinski definition) is 0. The molecule has 0 aliphatic heterocycles. The highest BCUT2D eigenvalue weighted by atomic mass is 15.1. The number of fused-ring (bicyclic) bond motifs is 20. The standard InChI is InChI=1S/C51H31N3.C45H29N3.C39H25N3/c1-2-8-32(9-3-1)33-14-16-36(17-15-33)49-52-50(39-22-24-43-37(30-39)20-28-45-41-12-6-4-10-34(41)18-26-47(43)45)54-51(53-49)40-23-25-44-38(31-40)21-29-46-42-13-7-5-11-35(42)19-27-48(44)46;1-3-10-30(11-4-1)31-18-20-32(21-19-31)35-15-9-16-37(28-35)44-46-43(34-13-5-2-6-14-34)47-45(48-44)38-24-25-40-36(29-38)23-27-41-39-17-8-7-12-33(39)22-26-42(40)41;1-3-10-26(11-4-1)29-15-9-16-31(24-29)38-40-37(28-13-5-2-6-14-28)41-39(42-38)32-20-21-34-30(25-32)19-23-35-33-17-8-7-12-27(33)18-22-36(34)35/h1-31H;1-29H;1-25H. The Balaban J connectivity index is 0.000000111. The van der Waals surface area contributed by atoms with Crippen LogP contribution in [0, 0.1) is 0 Å². The molecule has 144 heavy (non-hydrogen) atoms. The van der Waals surface area contributed by atoms with Crippen molar-refractivity contribution in [3.05, 3.63) is 516 Å². The molecular formula is C135H85N9. The SMILES string of the molecule is c1ccc(-c2ccc(-c3cccc(-c4nc(-c5ccccc5)nc(-c5ccc6c(ccc7c8ccccc8ccc67)c5)n4)c3)cc2)cc1.c1ccc(-c2ccc(-c3nc(-c4ccc5c(ccc6c7ccccc7ccc56)c4)nc(-c4ccc5c(ccc6c7ccccc7ccc56)c4)n3)cc2)cc1.c1ccc(-c2cccc(-c3nc(-c4ccccc4)nc(-c4ccc5c(ccc6c7ccccc7ccc56)c4)n3)c2)cc1. The number of benzene rings is 25. The third-order valence-corrected chi connectivity index (χ3v) is 27.9. The zero-order valence-corrected chi connectivity index (χ0v) is 78.1. The Morgan fingerprint density at radius 3 is 0.479 bits per heavy atom. The highest BCUT2D eigenvalue weighted by molar-refractivity contribution is 6.22. The third-order valence-electron chi connectivity index (χ3n) is 27.9. The fraction of sp³-hybridized carbons (Fsp3) is 0. The molecule has 3 heterocycles. The molecule has 3 aromatic heterocycles. The smallest absolute Gasteiger partial charge is 0.164 e. The highest BCUT2D eigenvalue weighted by Crippen LogP contribution is 2.43. The van der Waals surface area contributed by atoms with Crippen molar-refractivity contribution in [3.63, 3.8) is 0 Å². The molecule has 0 aliphatic rings. The Kier molecular flexibility index (Phi) is 21.8. The molecule has 0 amide bonds. The molecule has 28 aromatic rings. The first-order valence-electron chi connectivity index (χ1n) is 48.7. The van der Waals surface area contributed by atoms with Gasteiger partial charge in [0.15, 0.2) is 52.4 Å². The molecule has 0 radical (unpaired) electrons. The molecule has 0 atom stereocenters. The van der Waals surface area contributed by atoms with Gasteiger partial charge in [-0.05, 0) is 210 Å². The molecular weight excluding hydrogens is 1750 g/mol. The summed E-state index contributed by atoms with van der Waals surface area (Å²) in [5, 5.41) is 29.5. The van der Waals surface area contributed by atoms with Gasteiger partial charge in [0.25, 0.3) is 0 Å². The second-order valence-corrected chi connectivity index (χ2v) is 36.6. The third kappa shape index (κ3) is 16.4. The van der Waals surface area contributed by atoms with Crippen LogP contribution in [-0.2, 0) is 0 Å². The predicted molar refractivity (Wildman–Crippen MR) is 600 cm³/mol. The summed E-state index contributed by atoms with van der Waals surface area (Å²) in [7, 11) is 0. The predicted octanol–water partition coefficient (Wildman–Crippen LogP) is 35.1. The van der Waals surface area contributed by atoms with Crippen molar-refractivity contribution in [2.24, 2.45) is 0 Å². The van der Waals surface area contributed by atoms with Crippen LogP contribution in [-0.4, -0.2) is 44.9 Å². The average Bonchev–Trinajstić information content (AvgIpc) is 0.765. The lowest BCUT2D eigenvalue weighted by Gasteiger charge is -2.12. The lowest BCUT2D eigenvalue weighted by molar-refractivity contribution is 1.07. The molecule has 0 aliphatic carbocycles. The van der Waals surface area contributed by atoms with Gasteiger partial charge in [0.05, 0.1) is 0 Å². The van der Waals surface area contributed by atoms with Crippen molar-refractivity contribution in [2.45, 2.75) is 0 Å². The van der Waals surface area contributed by atoms with E-state index in [0.717, 1.165) is 99.4 Å². The maximum atomic E-state index is 5.16. The van der Waals surface area contributed by atoms with Crippen LogP contribution in [0.5, 0.6) is 0 Å². The van der Waals surface area contributed by atoms with Crippen molar-refractivity contribution in [1.29, 1.82) is 0 Å². The van der Waals surface area contributed by atoms with E-state index in [2.05, 4.69) is 437 Å². The molecule has 0 fully saturated rings. The van der Waals surface area contributed by atoms with Gasteiger partial charge in [-0.1, -0.05) is 479 Å². The summed E-state index contributed by atoms with van der Waals surface area (Å²) in [5.41, 5.74) is 17.8. The highest BCUT2D eigenvalue weighted by Gasteiger charge is 2.22. The number of hydrogen-bond acceptors (Lipinski definition) is 9. The van der Waals surface area contributed by atoms with E-state index in [1.807, 2.05) is 78.9 Å². The van der Waals surface area contributed by atoms with Gasteiger partial charge in [-0.25, -0.2) is 44.9 Å². The summed E-state index contributed by atoms with van der Waals surface area (Å²) in [6.45, 7) is 0. The molecule has 670 valence electrons. The van der Waals surface area contributed by atoms with Gasteiger partial charge in [0, 0.05) is 50.1 Å². The van der Waals surface area contributed by atoms with Gasteiger partial charge in [-0.3, -0.25) is 0 Å². The minimum Gasteiger partial charge on any atom is -0.208 e. The van der Waals surface area contributed by atoms with Crippen molar-refractivity contribution in [3.8, 4) is 147 Å². The summed E-state index contributed by atoms with van der Waals surface area (Å²) < 4.78 is 0. The van der Waals surface area contributed by atoms with Gasteiger partial charge in [0.1, 0.15) is 0 Å². The normalized spacial score (nSPS) is 11.5. The second kappa shape index (κ2) is 36.9. The lowest BCUT2D eigenvalue weighted by Crippen LogP contribution is -2.00. The monoisotopic (exact) mass is 1830 g/mol. The maximum absolute atomic E-state index is 5.16. The molecule has 0 unspecified atom stereocenters. The first-order chi connectivity index (χ1) is 71.3. The Morgan fingerprint density at radius 2 is 0.222 bits per heavy atom. The second-order valence-electron chi connectivity index (χ2n) is 36.6. The lowest BCUT2D eigenvalue weighted by atomic mass is 9.96. The van der Waals surface area contributed by atoms with Gasteiger partial charge in [-0.2, -0.15) is 0 Å². The molecule has 0 bridgehead atoms. The molecule has 0 spiro atoms. The van der Waals surface area contributed by atoms with Crippen molar-refractivity contribution in [1.82, 2.24) is 44.9 Å². The average molecular weight is 1830 g/mol. The minimum absolute atomic E-state index is 0.643. The first kappa shape index (κ1) is 85.1. The molecule has 9 heteroatoms. The molecule has 28 rings (SSSR count). The number of aromatic nitrogens is 9. The Labute approximate surface area is 830 Å². The summed E-state index contributed by atoms with van der Waals surface area (Å²) >= 11 is 0. The quantitative estimate of drug-likeness (QED) is 0.104. The summed E-state index contributed by atoms with van der Waals surface area (Å²) in [6, 6.07) is 182. The van der Waals surface area contributed by atoms with Crippen LogP contribution in [0.25, 0.3) is 276 Å². The van der Waals surface area contributed by atoms with Gasteiger partial charge in [0.2, 0.25) is 0 Å². The topological polar surface area (TPSA) is 116 Å². The minimum atomic E-state index is 0.643. The summed E-state index contributed by atoms with van der Waals surface area (Å²) in [4.78, 5) is 45.4.